The summed E-state index contributed by atoms with van der Waals surface area (Å²) in [6.07, 6.45) is -1.17. The second-order valence-corrected chi connectivity index (χ2v) is 8.12. The number of esters is 1. The molecule has 174 valence electrons. The number of ether oxygens (including phenoxy) is 3. The number of halogens is 4. The molecule has 3 rings (SSSR count). The Balaban J connectivity index is 1.63. The molecule has 1 atom stereocenters. The summed E-state index contributed by atoms with van der Waals surface area (Å²) < 4.78 is 39.3. The Morgan fingerprint density at radius 1 is 1.09 bits per heavy atom. The summed E-state index contributed by atoms with van der Waals surface area (Å²) in [6.45, 7) is -1.67. The van der Waals surface area contributed by atoms with E-state index >= 15 is 0 Å². The van der Waals surface area contributed by atoms with E-state index in [1.165, 1.54) is 37.5 Å². The van der Waals surface area contributed by atoms with Gasteiger partial charge in [0.15, 0.2) is 22.7 Å². The molecule has 0 bridgehead atoms. The van der Waals surface area contributed by atoms with Gasteiger partial charge in [-0.25, -0.2) is 9.78 Å². The highest BCUT2D eigenvalue weighted by Gasteiger charge is 2.22. The molecule has 0 aliphatic carbocycles. The van der Waals surface area contributed by atoms with Crippen LogP contribution in [0.5, 0.6) is 11.5 Å². The number of rotatable bonds is 8. The fourth-order valence-electron chi connectivity index (χ4n) is 2.60. The van der Waals surface area contributed by atoms with Crippen molar-refractivity contribution >= 4 is 51.5 Å². The first kappa shape index (κ1) is 24.7. The number of hydrogen-bond acceptors (Lipinski definition) is 7. The third-order valence-corrected chi connectivity index (χ3v) is 5.71. The third kappa shape index (κ3) is 6.31. The molecule has 0 radical (unpaired) electrons. The predicted molar refractivity (Wildman–Crippen MR) is 121 cm³/mol. The van der Waals surface area contributed by atoms with E-state index in [0.717, 1.165) is 6.07 Å². The number of carbonyl (C=O) groups is 2. The van der Waals surface area contributed by atoms with Crippen LogP contribution in [0.25, 0.3) is 11.3 Å². The topological polar surface area (TPSA) is 86.8 Å². The van der Waals surface area contributed by atoms with Crippen LogP contribution in [0.1, 0.15) is 17.3 Å². The predicted octanol–water partition coefficient (Wildman–Crippen LogP) is 5.91. The number of methoxy groups -OCH3 is 1. The maximum atomic E-state index is 12.4. The average molecular weight is 517 g/mol. The first-order valence-corrected chi connectivity index (χ1v) is 10.9. The number of thiazole rings is 1. The van der Waals surface area contributed by atoms with Gasteiger partial charge in [0.25, 0.3) is 5.91 Å². The van der Waals surface area contributed by atoms with Crippen LogP contribution in [0, 0.1) is 0 Å². The van der Waals surface area contributed by atoms with E-state index in [-0.39, 0.29) is 17.1 Å². The van der Waals surface area contributed by atoms with E-state index in [0.29, 0.717) is 26.4 Å². The second kappa shape index (κ2) is 10.8. The van der Waals surface area contributed by atoms with Crippen LogP contribution in [0.4, 0.5) is 13.9 Å². The molecule has 1 heterocycles. The lowest BCUT2D eigenvalue weighted by atomic mass is 10.2. The van der Waals surface area contributed by atoms with E-state index in [1.807, 2.05) is 0 Å². The molecule has 1 N–H and O–H groups in total. The summed E-state index contributed by atoms with van der Waals surface area (Å²) >= 11 is 13.1. The average Bonchev–Trinajstić information content (AvgIpc) is 3.23. The maximum Gasteiger partial charge on any atom is 0.387 e. The Kier molecular flexibility index (Phi) is 8.06. The molecule has 1 aromatic heterocycles. The summed E-state index contributed by atoms with van der Waals surface area (Å²) in [5, 5.41) is 5.37. The fraction of sp³-hybridized carbons (Fsp3) is 0.190. The zero-order valence-electron chi connectivity index (χ0n) is 17.1. The number of carbonyl (C=O) groups excluding carboxylic acids is 2. The van der Waals surface area contributed by atoms with Gasteiger partial charge in [-0.15, -0.1) is 11.3 Å². The monoisotopic (exact) mass is 516 g/mol. The molecule has 0 spiro atoms. The van der Waals surface area contributed by atoms with Crippen LogP contribution in [0.15, 0.2) is 41.8 Å². The van der Waals surface area contributed by atoms with E-state index in [1.54, 1.807) is 23.6 Å². The van der Waals surface area contributed by atoms with E-state index < -0.39 is 24.6 Å². The smallest absolute Gasteiger partial charge is 0.387 e. The summed E-state index contributed by atoms with van der Waals surface area (Å²) in [4.78, 5) is 29.1. The Morgan fingerprint density at radius 3 is 2.52 bits per heavy atom. The first-order chi connectivity index (χ1) is 15.7. The minimum absolute atomic E-state index is 0.00994. The van der Waals surface area contributed by atoms with Gasteiger partial charge < -0.3 is 14.2 Å². The molecule has 0 saturated carbocycles. The molecular weight excluding hydrogens is 501 g/mol. The van der Waals surface area contributed by atoms with Crippen molar-refractivity contribution in [1.29, 1.82) is 0 Å². The Labute approximate surface area is 201 Å². The Morgan fingerprint density at radius 2 is 1.85 bits per heavy atom. The van der Waals surface area contributed by atoms with Crippen LogP contribution in [-0.2, 0) is 9.53 Å². The summed E-state index contributed by atoms with van der Waals surface area (Å²) in [6, 6.07) is 8.57. The highest BCUT2D eigenvalue weighted by atomic mass is 35.5. The lowest BCUT2D eigenvalue weighted by Crippen LogP contribution is -2.30. The number of nitrogens with one attached hydrogen (secondary N) is 1. The van der Waals surface area contributed by atoms with Gasteiger partial charge in [0.05, 0.1) is 28.4 Å². The SMILES string of the molecule is COc1cc(C(=O)O[C@H](C)C(=O)Nc2nc(-c3ccc(Cl)c(Cl)c3)cs2)ccc1OC(F)F. The molecule has 0 aliphatic rings. The highest BCUT2D eigenvalue weighted by molar-refractivity contribution is 7.14. The molecule has 7 nitrogen and oxygen atoms in total. The van der Waals surface area contributed by atoms with Crippen molar-refractivity contribution in [3.8, 4) is 22.8 Å². The zero-order chi connectivity index (χ0) is 24.1. The van der Waals surface area contributed by atoms with Gasteiger partial charge in [-0.3, -0.25) is 10.1 Å². The van der Waals surface area contributed by atoms with Crippen molar-refractivity contribution in [3.63, 3.8) is 0 Å². The number of hydrogen-bond donors (Lipinski definition) is 1. The fourth-order valence-corrected chi connectivity index (χ4v) is 3.62. The van der Waals surface area contributed by atoms with E-state index in [2.05, 4.69) is 15.0 Å². The molecule has 2 aromatic carbocycles. The van der Waals surface area contributed by atoms with Crippen molar-refractivity contribution in [1.82, 2.24) is 4.98 Å². The van der Waals surface area contributed by atoms with E-state index in [9.17, 15) is 18.4 Å². The second-order valence-electron chi connectivity index (χ2n) is 6.45. The third-order valence-electron chi connectivity index (χ3n) is 4.22. The normalized spacial score (nSPS) is 11.7. The summed E-state index contributed by atoms with van der Waals surface area (Å²) in [5.41, 5.74) is 1.29. The minimum Gasteiger partial charge on any atom is -0.493 e. The van der Waals surface area contributed by atoms with Gasteiger partial charge in [0, 0.05) is 10.9 Å². The van der Waals surface area contributed by atoms with Crippen LogP contribution in [-0.4, -0.2) is 36.7 Å². The first-order valence-electron chi connectivity index (χ1n) is 9.23. The molecule has 3 aromatic rings. The molecule has 1 amide bonds. The molecule has 0 saturated heterocycles. The van der Waals surface area contributed by atoms with Crippen molar-refractivity contribution in [3.05, 3.63) is 57.4 Å². The van der Waals surface area contributed by atoms with Gasteiger partial charge in [-0.05, 0) is 37.3 Å². The molecular formula is C21H16Cl2F2N2O5S. The number of nitrogens with zero attached hydrogens (tertiary/aromatic N) is 1. The van der Waals surface area contributed by atoms with Gasteiger partial charge in [0.2, 0.25) is 0 Å². The summed E-state index contributed by atoms with van der Waals surface area (Å²) in [5.74, 6) is -1.78. The number of amides is 1. The van der Waals surface area contributed by atoms with Gasteiger partial charge in [0.1, 0.15) is 0 Å². The van der Waals surface area contributed by atoms with E-state index in [4.69, 9.17) is 32.7 Å². The van der Waals surface area contributed by atoms with Gasteiger partial charge in [-0.1, -0.05) is 29.3 Å². The van der Waals surface area contributed by atoms with Gasteiger partial charge >= 0.3 is 12.6 Å². The maximum absolute atomic E-state index is 12.4. The largest absolute Gasteiger partial charge is 0.493 e. The van der Waals surface area contributed by atoms with Crippen LogP contribution >= 0.6 is 34.5 Å². The number of alkyl halides is 2. The molecule has 0 fully saturated rings. The lowest BCUT2D eigenvalue weighted by molar-refractivity contribution is -0.123. The molecule has 33 heavy (non-hydrogen) atoms. The molecule has 0 aliphatic heterocycles. The van der Waals surface area contributed by atoms with Gasteiger partial charge in [-0.2, -0.15) is 8.78 Å². The van der Waals surface area contributed by atoms with Crippen LogP contribution < -0.4 is 14.8 Å². The van der Waals surface area contributed by atoms with Crippen molar-refractivity contribution in [2.45, 2.75) is 19.6 Å². The van der Waals surface area contributed by atoms with Crippen molar-refractivity contribution in [2.24, 2.45) is 0 Å². The van der Waals surface area contributed by atoms with Crippen LogP contribution in [0.2, 0.25) is 10.0 Å². The quantitative estimate of drug-likeness (QED) is 0.374. The zero-order valence-corrected chi connectivity index (χ0v) is 19.4. The number of benzene rings is 2. The Bertz CT molecular complexity index is 1180. The van der Waals surface area contributed by atoms with Crippen LogP contribution in [0.3, 0.4) is 0 Å². The van der Waals surface area contributed by atoms with Crippen molar-refractivity contribution in [2.75, 3.05) is 12.4 Å². The van der Waals surface area contributed by atoms with Crippen molar-refractivity contribution < 1.29 is 32.6 Å². The molecule has 0 unspecified atom stereocenters. The molecule has 12 heteroatoms. The summed E-state index contributed by atoms with van der Waals surface area (Å²) in [7, 11) is 1.24. The standard InChI is InChI=1S/C21H16Cl2F2N2O5S/c1-10(31-19(29)12-4-6-16(32-20(24)25)17(8-12)30-2)18(28)27-21-26-15(9-33-21)11-3-5-13(22)14(23)7-11/h3-10,20H,1-2H3,(H,26,27,28)/t10-/m1/s1. The minimum atomic E-state index is -3.05. The Hall–Kier alpha value is -2.95. The number of aromatic nitrogens is 1. The number of anilines is 1. The highest BCUT2D eigenvalue weighted by Crippen LogP contribution is 2.31. The lowest BCUT2D eigenvalue weighted by Gasteiger charge is -2.14.